The third kappa shape index (κ3) is 10.9. The predicted octanol–water partition coefficient (Wildman–Crippen LogP) is 5.81. The minimum Gasteiger partial charge on any atom is -0.508 e. The predicted molar refractivity (Wildman–Crippen MR) is 158 cm³/mol. The molecule has 3 N–H and O–H groups in total. The van der Waals surface area contributed by atoms with Crippen molar-refractivity contribution in [2.75, 3.05) is 13.1 Å². The Morgan fingerprint density at radius 3 is 2.12 bits per heavy atom. The van der Waals surface area contributed by atoms with E-state index in [4.69, 9.17) is 4.74 Å². The van der Waals surface area contributed by atoms with Gasteiger partial charge in [0.15, 0.2) is 0 Å². The van der Waals surface area contributed by atoms with Gasteiger partial charge in [0.05, 0.1) is 0 Å². The molecule has 8 heteroatoms. The van der Waals surface area contributed by atoms with Gasteiger partial charge in [0.25, 0.3) is 0 Å². The molecule has 0 saturated heterocycles. The van der Waals surface area contributed by atoms with Gasteiger partial charge in [-0.3, -0.25) is 9.59 Å². The van der Waals surface area contributed by atoms with E-state index in [0.29, 0.717) is 25.1 Å². The largest absolute Gasteiger partial charge is 0.508 e. The maximum absolute atomic E-state index is 14.3. The summed E-state index contributed by atoms with van der Waals surface area (Å²) in [7, 11) is 0. The average molecular weight is 554 g/mol. The fourth-order valence-corrected chi connectivity index (χ4v) is 4.32. The second kappa shape index (κ2) is 15.9. The lowest BCUT2D eigenvalue weighted by Gasteiger charge is -2.34. The summed E-state index contributed by atoms with van der Waals surface area (Å²) in [6, 6.07) is 12.3. The second-order valence-electron chi connectivity index (χ2n) is 11.3. The van der Waals surface area contributed by atoms with Crippen LogP contribution in [0.5, 0.6) is 5.75 Å². The first-order chi connectivity index (χ1) is 18.9. The number of nitrogens with zero attached hydrogens (tertiary/aromatic N) is 1. The minimum absolute atomic E-state index is 0.107. The second-order valence-corrected chi connectivity index (χ2v) is 11.3. The summed E-state index contributed by atoms with van der Waals surface area (Å²) in [5, 5.41) is 15.5. The average Bonchev–Trinajstić information content (AvgIpc) is 2.89. The molecule has 0 radical (unpaired) electrons. The van der Waals surface area contributed by atoms with Gasteiger partial charge in [-0.05, 0) is 63.8 Å². The number of hydrogen-bond donors (Lipinski definition) is 3. The topological polar surface area (TPSA) is 108 Å². The van der Waals surface area contributed by atoms with E-state index < -0.39 is 23.8 Å². The number of alkyl carbamates (subject to hydrolysis) is 1. The Balaban J connectivity index is 2.49. The fraction of sp³-hybridized carbons (Fsp3) is 0.531. The smallest absolute Gasteiger partial charge is 0.408 e. The van der Waals surface area contributed by atoms with Gasteiger partial charge in [-0.25, -0.2) is 4.79 Å². The quantitative estimate of drug-likeness (QED) is 0.256. The standard InChI is InChI=1S/C32H47N3O5/c1-7-9-11-20-33-29(37)28(25-16-12-23(3)13-17-25)35(21-10-8-2)30(38)27(34-31(39)40-32(4,5)6)22-24-14-18-26(36)19-15-24/h12-19,27-28,36H,7-11,20-22H2,1-6H3,(H,33,37)(H,34,39). The van der Waals surface area contributed by atoms with Crippen molar-refractivity contribution in [1.82, 2.24) is 15.5 Å². The van der Waals surface area contributed by atoms with Crippen molar-refractivity contribution in [2.45, 2.75) is 97.8 Å². The summed E-state index contributed by atoms with van der Waals surface area (Å²) in [6.07, 6.45) is 3.86. The summed E-state index contributed by atoms with van der Waals surface area (Å²) in [5.74, 6) is -0.512. The molecule has 0 bridgehead atoms. The van der Waals surface area contributed by atoms with Crippen LogP contribution in [0.3, 0.4) is 0 Å². The number of aryl methyl sites for hydroxylation is 1. The lowest BCUT2D eigenvalue weighted by molar-refractivity contribution is -0.142. The molecule has 2 aromatic rings. The summed E-state index contributed by atoms with van der Waals surface area (Å²) >= 11 is 0. The van der Waals surface area contributed by atoms with Crippen LogP contribution in [0.1, 0.15) is 89.5 Å². The maximum atomic E-state index is 14.3. The van der Waals surface area contributed by atoms with Crippen LogP contribution in [0.2, 0.25) is 0 Å². The van der Waals surface area contributed by atoms with Crippen LogP contribution in [0.4, 0.5) is 4.79 Å². The molecule has 40 heavy (non-hydrogen) atoms. The molecule has 0 aliphatic rings. The van der Waals surface area contributed by atoms with Gasteiger partial charge in [0.2, 0.25) is 11.8 Å². The van der Waals surface area contributed by atoms with E-state index in [0.717, 1.165) is 36.8 Å². The lowest BCUT2D eigenvalue weighted by Crippen LogP contribution is -2.54. The van der Waals surface area contributed by atoms with Crippen LogP contribution >= 0.6 is 0 Å². The van der Waals surface area contributed by atoms with Crippen molar-refractivity contribution in [3.8, 4) is 5.75 Å². The van der Waals surface area contributed by atoms with Crippen LogP contribution in [0, 0.1) is 6.92 Å². The molecule has 2 unspecified atom stereocenters. The number of aromatic hydroxyl groups is 1. The molecule has 0 aliphatic heterocycles. The summed E-state index contributed by atoms with van der Waals surface area (Å²) in [5.41, 5.74) is 1.76. The normalized spacial score (nSPS) is 12.8. The summed E-state index contributed by atoms with van der Waals surface area (Å²) in [4.78, 5) is 42.4. The number of rotatable bonds is 14. The van der Waals surface area contributed by atoms with Gasteiger partial charge in [-0.2, -0.15) is 0 Å². The fourth-order valence-electron chi connectivity index (χ4n) is 4.32. The van der Waals surface area contributed by atoms with E-state index in [1.807, 2.05) is 38.1 Å². The summed E-state index contributed by atoms with van der Waals surface area (Å²) in [6.45, 7) is 12.3. The maximum Gasteiger partial charge on any atom is 0.408 e. The minimum atomic E-state index is -0.989. The van der Waals surface area contributed by atoms with Crippen molar-refractivity contribution in [3.63, 3.8) is 0 Å². The molecule has 2 atom stereocenters. The SMILES string of the molecule is CCCCCNC(=O)C(c1ccc(C)cc1)N(CCCC)C(=O)C(Cc1ccc(O)cc1)NC(=O)OC(C)(C)C. The van der Waals surface area contributed by atoms with Crippen LogP contribution < -0.4 is 10.6 Å². The molecule has 0 fully saturated rings. The van der Waals surface area contributed by atoms with Gasteiger partial charge in [0, 0.05) is 19.5 Å². The molecule has 8 nitrogen and oxygen atoms in total. The highest BCUT2D eigenvalue weighted by molar-refractivity contribution is 5.92. The lowest BCUT2D eigenvalue weighted by atomic mass is 9.99. The zero-order valence-electron chi connectivity index (χ0n) is 25.0. The van der Waals surface area contributed by atoms with Crippen molar-refractivity contribution in [1.29, 1.82) is 0 Å². The van der Waals surface area contributed by atoms with E-state index in [2.05, 4.69) is 17.6 Å². The molecule has 0 aromatic heterocycles. The van der Waals surface area contributed by atoms with Crippen LogP contribution in [-0.4, -0.2) is 52.6 Å². The summed E-state index contributed by atoms with van der Waals surface area (Å²) < 4.78 is 5.48. The Hall–Kier alpha value is -3.55. The van der Waals surface area contributed by atoms with Gasteiger partial charge in [-0.15, -0.1) is 0 Å². The van der Waals surface area contributed by atoms with Crippen molar-refractivity contribution in [3.05, 3.63) is 65.2 Å². The Morgan fingerprint density at radius 1 is 0.925 bits per heavy atom. The Bertz CT molecular complexity index is 1080. The number of carbonyl (C=O) groups is 3. The number of phenols is 1. The highest BCUT2D eigenvalue weighted by Gasteiger charge is 2.36. The van der Waals surface area contributed by atoms with E-state index in [1.54, 1.807) is 37.8 Å². The molecule has 0 aliphatic carbocycles. The molecule has 220 valence electrons. The number of nitrogens with one attached hydrogen (secondary N) is 2. The van der Waals surface area contributed by atoms with Crippen LogP contribution in [-0.2, 0) is 20.7 Å². The van der Waals surface area contributed by atoms with Gasteiger partial charge >= 0.3 is 6.09 Å². The number of amides is 3. The molecular weight excluding hydrogens is 506 g/mol. The molecule has 0 spiro atoms. The molecule has 0 saturated carbocycles. The molecule has 3 amide bonds. The van der Waals surface area contributed by atoms with E-state index >= 15 is 0 Å². The van der Waals surface area contributed by atoms with Crippen molar-refractivity contribution < 1.29 is 24.2 Å². The van der Waals surface area contributed by atoms with Crippen LogP contribution in [0.25, 0.3) is 0 Å². The van der Waals surface area contributed by atoms with Gasteiger partial charge < -0.3 is 25.4 Å². The Morgan fingerprint density at radius 2 is 1.55 bits per heavy atom. The van der Waals surface area contributed by atoms with E-state index in [-0.39, 0.29) is 24.0 Å². The first kappa shape index (κ1) is 32.7. The van der Waals surface area contributed by atoms with Gasteiger partial charge in [0.1, 0.15) is 23.4 Å². The number of ether oxygens (including phenoxy) is 1. The molecule has 2 rings (SSSR count). The highest BCUT2D eigenvalue weighted by Crippen LogP contribution is 2.25. The zero-order valence-corrected chi connectivity index (χ0v) is 25.0. The first-order valence-electron chi connectivity index (χ1n) is 14.4. The highest BCUT2D eigenvalue weighted by atomic mass is 16.6. The van der Waals surface area contributed by atoms with E-state index in [1.165, 1.54) is 12.1 Å². The zero-order chi connectivity index (χ0) is 29.7. The number of hydrogen-bond acceptors (Lipinski definition) is 5. The Kier molecular flexibility index (Phi) is 13.0. The number of phenolic OH excluding ortho intramolecular Hbond substituents is 1. The van der Waals surface area contributed by atoms with Crippen molar-refractivity contribution >= 4 is 17.9 Å². The number of carbonyl (C=O) groups excluding carboxylic acids is 3. The van der Waals surface area contributed by atoms with Crippen molar-refractivity contribution in [2.24, 2.45) is 0 Å². The third-order valence-electron chi connectivity index (χ3n) is 6.43. The molecule has 2 aromatic carbocycles. The van der Waals surface area contributed by atoms with Gasteiger partial charge in [-0.1, -0.05) is 75.1 Å². The first-order valence-corrected chi connectivity index (χ1v) is 14.4. The Labute approximate surface area is 239 Å². The third-order valence-corrected chi connectivity index (χ3v) is 6.43. The number of benzene rings is 2. The number of unbranched alkanes of at least 4 members (excludes halogenated alkanes) is 3. The monoisotopic (exact) mass is 553 g/mol. The molecular formula is C32H47N3O5. The van der Waals surface area contributed by atoms with Crippen LogP contribution in [0.15, 0.2) is 48.5 Å². The molecule has 0 heterocycles. The van der Waals surface area contributed by atoms with E-state index in [9.17, 15) is 19.5 Å².